The van der Waals surface area contributed by atoms with E-state index in [-0.39, 0.29) is 11.8 Å². The third-order valence-corrected chi connectivity index (χ3v) is 4.27. The molecule has 0 aromatic carbocycles. The van der Waals surface area contributed by atoms with E-state index in [1.807, 2.05) is 13.8 Å². The van der Waals surface area contributed by atoms with Crippen molar-refractivity contribution in [2.45, 2.75) is 59.8 Å². The van der Waals surface area contributed by atoms with E-state index in [9.17, 15) is 9.59 Å². The Morgan fingerprint density at radius 3 is 2.43 bits per heavy atom. The number of carbonyl (C=O) groups excluding carboxylic acids is 2. The highest BCUT2D eigenvalue weighted by atomic mass is 16.2. The summed E-state index contributed by atoms with van der Waals surface area (Å²) in [6, 6.07) is 0. The summed E-state index contributed by atoms with van der Waals surface area (Å²) in [7, 11) is 0. The molecule has 0 aromatic heterocycles. The minimum atomic E-state index is -0.993. The highest BCUT2D eigenvalue weighted by Crippen LogP contribution is 2.21. The average molecular weight is 294 g/mol. The molecule has 21 heavy (non-hydrogen) atoms. The van der Waals surface area contributed by atoms with Crippen LogP contribution in [-0.4, -0.2) is 36.3 Å². The summed E-state index contributed by atoms with van der Waals surface area (Å²) in [6.45, 7) is 9.19. The first-order valence-electron chi connectivity index (χ1n) is 8.19. The first-order chi connectivity index (χ1) is 9.93. The first-order valence-corrected chi connectivity index (χ1v) is 8.19. The lowest BCUT2D eigenvalue weighted by atomic mass is 9.90. The zero-order valence-electron chi connectivity index (χ0n) is 14.0. The fraction of sp³-hybridized carbons (Fsp3) is 0.765. The largest absolute Gasteiger partial charge is 0.355 e. The van der Waals surface area contributed by atoms with Crippen molar-refractivity contribution < 1.29 is 9.59 Å². The van der Waals surface area contributed by atoms with E-state index >= 15 is 0 Å². The van der Waals surface area contributed by atoms with Crippen LogP contribution in [0.25, 0.3) is 0 Å². The van der Waals surface area contributed by atoms with Gasteiger partial charge in [0.25, 0.3) is 0 Å². The molecule has 1 aliphatic rings. The molecule has 0 saturated heterocycles. The molecule has 0 aliphatic heterocycles. The number of hydrogen-bond donors (Lipinski definition) is 1. The molecule has 0 bridgehead atoms. The second kappa shape index (κ2) is 8.20. The van der Waals surface area contributed by atoms with Crippen LogP contribution in [0.3, 0.4) is 0 Å². The van der Waals surface area contributed by atoms with E-state index < -0.39 is 5.41 Å². The third kappa shape index (κ3) is 4.87. The van der Waals surface area contributed by atoms with Crippen LogP contribution in [0.2, 0.25) is 0 Å². The van der Waals surface area contributed by atoms with Crippen LogP contribution in [0.5, 0.6) is 0 Å². The fourth-order valence-corrected chi connectivity index (χ4v) is 2.69. The van der Waals surface area contributed by atoms with E-state index in [2.05, 4.69) is 11.4 Å². The van der Waals surface area contributed by atoms with Gasteiger partial charge in [0.15, 0.2) is 0 Å². The van der Waals surface area contributed by atoms with Crippen LogP contribution in [0.4, 0.5) is 0 Å². The molecule has 0 unspecified atom stereocenters. The van der Waals surface area contributed by atoms with Gasteiger partial charge in [-0.05, 0) is 59.8 Å². The van der Waals surface area contributed by atoms with Crippen molar-refractivity contribution >= 4 is 11.8 Å². The number of amides is 2. The van der Waals surface area contributed by atoms with E-state index in [1.54, 1.807) is 18.7 Å². The summed E-state index contributed by atoms with van der Waals surface area (Å²) in [5, 5.41) is 2.93. The molecule has 0 radical (unpaired) electrons. The quantitative estimate of drug-likeness (QED) is 0.580. The fourth-order valence-electron chi connectivity index (χ4n) is 2.69. The predicted octanol–water partition coefficient (Wildman–Crippen LogP) is 2.89. The van der Waals surface area contributed by atoms with Crippen molar-refractivity contribution in [2.75, 3.05) is 19.6 Å². The molecule has 120 valence electrons. The van der Waals surface area contributed by atoms with Gasteiger partial charge >= 0.3 is 0 Å². The lowest BCUT2D eigenvalue weighted by Gasteiger charge is -2.29. The van der Waals surface area contributed by atoms with Crippen molar-refractivity contribution in [3.05, 3.63) is 11.6 Å². The maximum atomic E-state index is 12.4. The molecule has 1 aliphatic carbocycles. The van der Waals surface area contributed by atoms with Gasteiger partial charge in [0.05, 0.1) is 0 Å². The lowest BCUT2D eigenvalue weighted by Crippen LogP contribution is -2.49. The Morgan fingerprint density at radius 2 is 1.90 bits per heavy atom. The Labute approximate surface area is 129 Å². The number of nitrogens with zero attached hydrogens (tertiary/aromatic N) is 1. The number of allylic oxidation sites excluding steroid dienone is 1. The highest BCUT2D eigenvalue weighted by Gasteiger charge is 2.38. The Kier molecular flexibility index (Phi) is 6.93. The van der Waals surface area contributed by atoms with Crippen LogP contribution >= 0.6 is 0 Å². The Balaban J connectivity index is 2.48. The molecule has 4 nitrogen and oxygen atoms in total. The second-order valence-corrected chi connectivity index (χ2v) is 6.22. The van der Waals surface area contributed by atoms with Crippen LogP contribution < -0.4 is 5.32 Å². The minimum absolute atomic E-state index is 0.0955. The van der Waals surface area contributed by atoms with Gasteiger partial charge in [-0.2, -0.15) is 0 Å². The smallest absolute Gasteiger partial charge is 0.237 e. The molecule has 0 fully saturated rings. The molecular weight excluding hydrogens is 264 g/mol. The molecular formula is C17H30N2O2. The van der Waals surface area contributed by atoms with Crippen LogP contribution in [0, 0.1) is 5.41 Å². The molecule has 0 spiro atoms. The van der Waals surface area contributed by atoms with Gasteiger partial charge in [-0.25, -0.2) is 0 Å². The topological polar surface area (TPSA) is 49.4 Å². The molecule has 0 atom stereocenters. The van der Waals surface area contributed by atoms with Gasteiger partial charge in [0, 0.05) is 19.6 Å². The van der Waals surface area contributed by atoms with E-state index in [0.717, 1.165) is 19.3 Å². The molecule has 1 N–H and O–H groups in total. The molecule has 0 saturated carbocycles. The maximum absolute atomic E-state index is 12.4. The Hall–Kier alpha value is -1.32. The van der Waals surface area contributed by atoms with Crippen LogP contribution in [0.15, 0.2) is 11.6 Å². The summed E-state index contributed by atoms with van der Waals surface area (Å²) in [6.07, 6.45) is 8.04. The molecule has 1 rings (SSSR count). The average Bonchev–Trinajstić information content (AvgIpc) is 2.49. The van der Waals surface area contributed by atoms with Gasteiger partial charge in [0.1, 0.15) is 5.41 Å². The predicted molar refractivity (Wildman–Crippen MR) is 85.9 cm³/mol. The van der Waals surface area contributed by atoms with E-state index in [0.29, 0.717) is 19.6 Å². The number of hydrogen-bond acceptors (Lipinski definition) is 2. The van der Waals surface area contributed by atoms with Gasteiger partial charge in [0.2, 0.25) is 11.8 Å². The minimum Gasteiger partial charge on any atom is -0.355 e. The number of carbonyl (C=O) groups is 2. The standard InChI is InChI=1S/C17H30N2O2/c1-5-19(6-2)16(21)17(3,4)15(20)18-13-12-14-10-8-7-9-11-14/h10H,5-9,11-13H2,1-4H3,(H,18,20). The van der Waals surface area contributed by atoms with Crippen molar-refractivity contribution in [3.8, 4) is 0 Å². The second-order valence-electron chi connectivity index (χ2n) is 6.22. The number of rotatable bonds is 7. The number of nitrogens with one attached hydrogen (secondary N) is 1. The van der Waals surface area contributed by atoms with Crippen molar-refractivity contribution in [3.63, 3.8) is 0 Å². The summed E-state index contributed by atoms with van der Waals surface area (Å²) >= 11 is 0. The lowest BCUT2D eigenvalue weighted by molar-refractivity contribution is -0.148. The normalized spacial score (nSPS) is 15.3. The summed E-state index contributed by atoms with van der Waals surface area (Å²) in [4.78, 5) is 26.4. The van der Waals surface area contributed by atoms with Gasteiger partial charge in [-0.15, -0.1) is 0 Å². The van der Waals surface area contributed by atoms with Crippen molar-refractivity contribution in [1.29, 1.82) is 0 Å². The highest BCUT2D eigenvalue weighted by molar-refractivity contribution is 6.04. The molecule has 2 amide bonds. The van der Waals surface area contributed by atoms with E-state index in [4.69, 9.17) is 0 Å². The van der Waals surface area contributed by atoms with E-state index in [1.165, 1.54) is 18.4 Å². The maximum Gasteiger partial charge on any atom is 0.237 e. The molecule has 0 aromatic rings. The van der Waals surface area contributed by atoms with Gasteiger partial charge < -0.3 is 10.2 Å². The van der Waals surface area contributed by atoms with Gasteiger partial charge in [-0.1, -0.05) is 11.6 Å². The Bertz CT molecular complexity index is 396. The van der Waals surface area contributed by atoms with Crippen molar-refractivity contribution in [2.24, 2.45) is 5.41 Å². The first kappa shape index (κ1) is 17.7. The van der Waals surface area contributed by atoms with Crippen molar-refractivity contribution in [1.82, 2.24) is 10.2 Å². The SMILES string of the molecule is CCN(CC)C(=O)C(C)(C)C(=O)NCCC1=CCCCC1. The third-order valence-electron chi connectivity index (χ3n) is 4.27. The monoisotopic (exact) mass is 294 g/mol. The zero-order chi connectivity index (χ0) is 15.9. The van der Waals surface area contributed by atoms with Crippen LogP contribution in [-0.2, 0) is 9.59 Å². The van der Waals surface area contributed by atoms with Gasteiger partial charge in [-0.3, -0.25) is 9.59 Å². The Morgan fingerprint density at radius 1 is 1.24 bits per heavy atom. The molecule has 0 heterocycles. The summed E-state index contributed by atoms with van der Waals surface area (Å²) < 4.78 is 0. The summed E-state index contributed by atoms with van der Waals surface area (Å²) in [5.74, 6) is -0.266. The molecule has 4 heteroatoms. The summed E-state index contributed by atoms with van der Waals surface area (Å²) in [5.41, 5.74) is 0.446. The van der Waals surface area contributed by atoms with Crippen LogP contribution in [0.1, 0.15) is 59.8 Å². The zero-order valence-corrected chi connectivity index (χ0v) is 14.0.